The van der Waals surface area contributed by atoms with Crippen molar-refractivity contribution in [3.05, 3.63) is 0 Å². The maximum Gasteiger partial charge on any atom is -0.000540 e. The van der Waals surface area contributed by atoms with Crippen molar-refractivity contribution in [2.24, 2.45) is 11.8 Å². The Morgan fingerprint density at radius 3 is 2.50 bits per heavy atom. The largest absolute Gasteiger partial charge is 0.316 e. The van der Waals surface area contributed by atoms with Crippen LogP contribution in [0.15, 0.2) is 0 Å². The molecule has 0 radical (unpaired) electrons. The molecule has 2 heteroatoms. The quantitative estimate of drug-likeness (QED) is 0.528. The van der Waals surface area contributed by atoms with Crippen molar-refractivity contribution in [1.82, 2.24) is 5.32 Å². The normalized spacial score (nSPS) is 24.8. The van der Waals surface area contributed by atoms with Crippen molar-refractivity contribution in [3.63, 3.8) is 0 Å². The van der Waals surface area contributed by atoms with Gasteiger partial charge in [-0.15, -0.1) is 0 Å². The third kappa shape index (κ3) is 1.17. The van der Waals surface area contributed by atoms with Gasteiger partial charge < -0.3 is 5.32 Å². The van der Waals surface area contributed by atoms with Crippen LogP contribution in [0.2, 0.25) is 0 Å². The number of hydrogen-bond donors (Lipinski definition) is 2. The minimum atomic E-state index is 0.805. The molecule has 1 rings (SSSR count). The summed E-state index contributed by atoms with van der Waals surface area (Å²) in [7, 11) is 0. The van der Waals surface area contributed by atoms with Crippen LogP contribution in [0, 0.1) is 11.8 Å². The smallest absolute Gasteiger partial charge is 0.000540 e. The fourth-order valence-corrected chi connectivity index (χ4v) is 1.16. The van der Waals surface area contributed by atoms with Crippen LogP contribution in [0.1, 0.15) is 6.92 Å². The Morgan fingerprint density at radius 1 is 1.75 bits per heavy atom. The molecular weight excluding hydrogens is 118 g/mol. The molecule has 1 aliphatic heterocycles. The van der Waals surface area contributed by atoms with Gasteiger partial charge in [-0.3, -0.25) is 0 Å². The number of rotatable bonds is 2. The van der Waals surface area contributed by atoms with Gasteiger partial charge in [-0.05, 0) is 30.7 Å². The third-order valence-electron chi connectivity index (χ3n) is 1.91. The summed E-state index contributed by atoms with van der Waals surface area (Å²) in [5, 5.41) is 3.24. The zero-order valence-corrected chi connectivity index (χ0v) is 6.12. The lowest BCUT2D eigenvalue weighted by Crippen LogP contribution is -2.45. The predicted octanol–water partition coefficient (Wildman–Crippen LogP) is 0.772. The van der Waals surface area contributed by atoms with E-state index in [4.69, 9.17) is 0 Å². The first-order valence-corrected chi connectivity index (χ1v) is 3.79. The SMILES string of the molecule is CC(CS)C1CNC1. The minimum absolute atomic E-state index is 0.805. The molecule has 0 spiro atoms. The molecule has 1 nitrogen and oxygen atoms in total. The molecule has 1 heterocycles. The summed E-state index contributed by atoms with van der Waals surface area (Å²) in [6.07, 6.45) is 0. The van der Waals surface area contributed by atoms with Gasteiger partial charge in [-0.1, -0.05) is 6.92 Å². The monoisotopic (exact) mass is 131 g/mol. The Kier molecular flexibility index (Phi) is 2.20. The first kappa shape index (κ1) is 6.43. The van der Waals surface area contributed by atoms with E-state index in [-0.39, 0.29) is 0 Å². The zero-order valence-electron chi connectivity index (χ0n) is 5.22. The first-order chi connectivity index (χ1) is 3.84. The van der Waals surface area contributed by atoms with Crippen LogP contribution in [0.25, 0.3) is 0 Å². The summed E-state index contributed by atoms with van der Waals surface area (Å²) in [6, 6.07) is 0. The molecule has 8 heavy (non-hydrogen) atoms. The average Bonchev–Trinajstić information content (AvgIpc) is 1.62. The minimum Gasteiger partial charge on any atom is -0.316 e. The van der Waals surface area contributed by atoms with Crippen LogP contribution in [0.4, 0.5) is 0 Å². The Balaban J connectivity index is 2.13. The Hall–Kier alpha value is 0.310. The Labute approximate surface area is 56.3 Å². The van der Waals surface area contributed by atoms with Gasteiger partial charge in [0.1, 0.15) is 0 Å². The second-order valence-electron chi connectivity index (χ2n) is 2.58. The van der Waals surface area contributed by atoms with Crippen molar-refractivity contribution in [1.29, 1.82) is 0 Å². The molecule has 1 saturated heterocycles. The van der Waals surface area contributed by atoms with Crippen molar-refractivity contribution < 1.29 is 0 Å². The lowest BCUT2D eigenvalue weighted by Gasteiger charge is -2.31. The molecule has 1 N–H and O–H groups in total. The Bertz CT molecular complexity index is 68.2. The molecule has 1 atom stereocenters. The van der Waals surface area contributed by atoms with E-state index in [2.05, 4.69) is 24.9 Å². The molecule has 0 amide bonds. The van der Waals surface area contributed by atoms with Crippen LogP contribution in [0.3, 0.4) is 0 Å². The van der Waals surface area contributed by atoms with Gasteiger partial charge in [0, 0.05) is 0 Å². The van der Waals surface area contributed by atoms with Crippen LogP contribution in [-0.4, -0.2) is 18.8 Å². The molecule has 1 unspecified atom stereocenters. The maximum atomic E-state index is 4.21. The number of nitrogens with one attached hydrogen (secondary N) is 1. The molecular formula is C6H13NS. The van der Waals surface area contributed by atoms with Crippen LogP contribution in [0.5, 0.6) is 0 Å². The Morgan fingerprint density at radius 2 is 2.38 bits per heavy atom. The topological polar surface area (TPSA) is 12.0 Å². The van der Waals surface area contributed by atoms with E-state index in [0.717, 1.165) is 17.6 Å². The highest BCUT2D eigenvalue weighted by molar-refractivity contribution is 7.80. The van der Waals surface area contributed by atoms with E-state index in [1.807, 2.05) is 0 Å². The van der Waals surface area contributed by atoms with Crippen molar-refractivity contribution in [2.75, 3.05) is 18.8 Å². The lowest BCUT2D eigenvalue weighted by atomic mass is 9.91. The number of hydrogen-bond acceptors (Lipinski definition) is 2. The molecule has 0 aromatic carbocycles. The highest BCUT2D eigenvalue weighted by Gasteiger charge is 2.21. The second-order valence-corrected chi connectivity index (χ2v) is 2.94. The summed E-state index contributed by atoms with van der Waals surface area (Å²) in [5.74, 6) is 2.75. The average molecular weight is 131 g/mol. The third-order valence-corrected chi connectivity index (χ3v) is 2.48. The van der Waals surface area contributed by atoms with E-state index >= 15 is 0 Å². The summed E-state index contributed by atoms with van der Waals surface area (Å²) < 4.78 is 0. The molecule has 1 fully saturated rings. The zero-order chi connectivity index (χ0) is 5.98. The van der Waals surface area contributed by atoms with Crippen molar-refractivity contribution in [2.45, 2.75) is 6.92 Å². The van der Waals surface area contributed by atoms with Crippen LogP contribution < -0.4 is 5.32 Å². The molecule has 0 aromatic rings. The lowest BCUT2D eigenvalue weighted by molar-refractivity contribution is 0.268. The van der Waals surface area contributed by atoms with E-state index in [1.54, 1.807) is 0 Å². The highest BCUT2D eigenvalue weighted by Crippen LogP contribution is 2.15. The highest BCUT2D eigenvalue weighted by atomic mass is 32.1. The maximum absolute atomic E-state index is 4.21. The van der Waals surface area contributed by atoms with E-state index in [1.165, 1.54) is 13.1 Å². The number of thiol groups is 1. The fraction of sp³-hybridized carbons (Fsp3) is 1.00. The van der Waals surface area contributed by atoms with E-state index in [9.17, 15) is 0 Å². The van der Waals surface area contributed by atoms with E-state index in [0.29, 0.717) is 0 Å². The molecule has 0 bridgehead atoms. The standard InChI is InChI=1S/C6H13NS/c1-5(4-8)6-2-7-3-6/h5-8H,2-4H2,1H3. The summed E-state index contributed by atoms with van der Waals surface area (Å²) in [5.41, 5.74) is 0. The molecule has 0 aromatic heterocycles. The van der Waals surface area contributed by atoms with Gasteiger partial charge in [-0.25, -0.2) is 0 Å². The second kappa shape index (κ2) is 2.74. The van der Waals surface area contributed by atoms with Crippen LogP contribution in [-0.2, 0) is 0 Å². The summed E-state index contributed by atoms with van der Waals surface area (Å²) >= 11 is 4.21. The van der Waals surface area contributed by atoms with Gasteiger partial charge in [0.2, 0.25) is 0 Å². The molecule has 48 valence electrons. The molecule has 0 saturated carbocycles. The summed E-state index contributed by atoms with van der Waals surface area (Å²) in [6.45, 7) is 4.68. The van der Waals surface area contributed by atoms with Gasteiger partial charge >= 0.3 is 0 Å². The van der Waals surface area contributed by atoms with Gasteiger partial charge in [0.15, 0.2) is 0 Å². The van der Waals surface area contributed by atoms with Crippen molar-refractivity contribution >= 4 is 12.6 Å². The van der Waals surface area contributed by atoms with E-state index < -0.39 is 0 Å². The fourth-order valence-electron chi connectivity index (χ4n) is 0.862. The van der Waals surface area contributed by atoms with Crippen LogP contribution >= 0.6 is 12.6 Å². The first-order valence-electron chi connectivity index (χ1n) is 3.16. The summed E-state index contributed by atoms with van der Waals surface area (Å²) in [4.78, 5) is 0. The molecule has 1 aliphatic rings. The van der Waals surface area contributed by atoms with Crippen molar-refractivity contribution in [3.8, 4) is 0 Å². The molecule has 0 aliphatic carbocycles. The van der Waals surface area contributed by atoms with Gasteiger partial charge in [0.05, 0.1) is 0 Å². The predicted molar refractivity (Wildman–Crippen MR) is 39.4 cm³/mol. The van der Waals surface area contributed by atoms with Gasteiger partial charge in [0.25, 0.3) is 0 Å². The van der Waals surface area contributed by atoms with Gasteiger partial charge in [-0.2, -0.15) is 12.6 Å².